The van der Waals surface area contributed by atoms with E-state index in [2.05, 4.69) is 31.8 Å². The zero-order chi connectivity index (χ0) is 26.0. The second-order valence-electron chi connectivity index (χ2n) is 7.56. The third-order valence-electron chi connectivity index (χ3n) is 4.89. The fraction of sp³-hybridized carbons (Fsp3) is 0. The number of esters is 1. The van der Waals surface area contributed by atoms with Gasteiger partial charge in [0.1, 0.15) is 5.75 Å². The number of nitrogens with zero attached hydrogens (tertiary/aromatic N) is 1. The summed E-state index contributed by atoms with van der Waals surface area (Å²) < 4.78 is 11.3. The minimum atomic E-state index is -0.557. The number of carbonyl (C=O) groups is 3. The molecule has 8 nitrogen and oxygen atoms in total. The molecule has 4 rings (SSSR count). The maximum atomic E-state index is 12.6. The van der Waals surface area contributed by atoms with Crippen molar-refractivity contribution in [1.82, 2.24) is 5.43 Å². The Balaban J connectivity index is 1.40. The molecule has 2 amide bonds. The van der Waals surface area contributed by atoms with Crippen LogP contribution in [0.4, 0.5) is 5.69 Å². The molecule has 4 aromatic rings. The molecule has 0 saturated carbocycles. The zero-order valence-electron chi connectivity index (χ0n) is 19.3. The van der Waals surface area contributed by atoms with Gasteiger partial charge in [-0.05, 0) is 60.2 Å². The second-order valence-corrected chi connectivity index (χ2v) is 8.47. The van der Waals surface area contributed by atoms with E-state index in [0.717, 1.165) is 10.0 Å². The molecule has 0 aliphatic rings. The van der Waals surface area contributed by atoms with Gasteiger partial charge in [0.15, 0.2) is 5.76 Å². The minimum absolute atomic E-state index is 0.153. The maximum Gasteiger partial charge on any atom is 0.336 e. The number of furan rings is 1. The molecule has 184 valence electrons. The molecule has 0 fully saturated rings. The molecule has 0 spiro atoms. The molecular formula is C28H20BrN3O5. The van der Waals surface area contributed by atoms with Gasteiger partial charge in [-0.25, -0.2) is 10.2 Å². The third-order valence-corrected chi connectivity index (χ3v) is 5.38. The number of benzene rings is 3. The summed E-state index contributed by atoms with van der Waals surface area (Å²) in [5.74, 6) is -1.06. The van der Waals surface area contributed by atoms with Crippen molar-refractivity contribution in [2.24, 2.45) is 5.10 Å². The van der Waals surface area contributed by atoms with Crippen LogP contribution >= 0.6 is 15.9 Å². The molecule has 2 N–H and O–H groups in total. The van der Waals surface area contributed by atoms with Crippen LogP contribution in [0.2, 0.25) is 0 Å². The van der Waals surface area contributed by atoms with Crippen LogP contribution in [-0.4, -0.2) is 24.0 Å². The van der Waals surface area contributed by atoms with Gasteiger partial charge in [0.25, 0.3) is 11.8 Å². The Hall–Kier alpha value is -4.76. The van der Waals surface area contributed by atoms with Crippen LogP contribution in [0, 0.1) is 0 Å². The van der Waals surface area contributed by atoms with E-state index in [1.54, 1.807) is 48.5 Å². The Kier molecular flexibility index (Phi) is 8.41. The summed E-state index contributed by atoms with van der Waals surface area (Å²) in [7, 11) is 0. The topological polar surface area (TPSA) is 110 Å². The lowest BCUT2D eigenvalue weighted by molar-refractivity contribution is -0.128. The van der Waals surface area contributed by atoms with Crippen molar-refractivity contribution >= 4 is 51.7 Å². The van der Waals surface area contributed by atoms with Crippen molar-refractivity contribution in [2.75, 3.05) is 5.32 Å². The summed E-state index contributed by atoms with van der Waals surface area (Å²) in [4.78, 5) is 37.1. The van der Waals surface area contributed by atoms with Gasteiger partial charge in [0, 0.05) is 27.4 Å². The van der Waals surface area contributed by atoms with E-state index in [4.69, 9.17) is 9.15 Å². The Morgan fingerprint density at radius 2 is 1.73 bits per heavy atom. The number of rotatable bonds is 8. The molecule has 0 bridgehead atoms. The number of anilines is 1. The standard InChI is InChI=1S/C28H20BrN3O5/c29-22-12-13-24(37-26(33)14-11-19-6-2-1-3-7-19)21(16-22)18-30-32-27(34)20-8-4-9-23(17-20)31-28(35)25-10-5-15-36-25/h1-18H,(H,31,35)(H,32,34)/b14-11+,30-18?. The summed E-state index contributed by atoms with van der Waals surface area (Å²) in [5.41, 5.74) is 4.46. The lowest BCUT2D eigenvalue weighted by Crippen LogP contribution is -2.18. The fourth-order valence-electron chi connectivity index (χ4n) is 3.15. The predicted octanol–water partition coefficient (Wildman–Crippen LogP) is 5.68. The lowest BCUT2D eigenvalue weighted by Gasteiger charge is -2.07. The Morgan fingerprint density at radius 3 is 2.51 bits per heavy atom. The summed E-state index contributed by atoms with van der Waals surface area (Å²) in [6, 6.07) is 23.9. The van der Waals surface area contributed by atoms with Crippen LogP contribution in [0.5, 0.6) is 5.75 Å². The van der Waals surface area contributed by atoms with Crippen LogP contribution in [-0.2, 0) is 4.79 Å². The van der Waals surface area contributed by atoms with Crippen LogP contribution in [0.25, 0.3) is 6.08 Å². The van der Waals surface area contributed by atoms with E-state index in [9.17, 15) is 14.4 Å². The Morgan fingerprint density at radius 1 is 0.892 bits per heavy atom. The molecule has 0 unspecified atom stereocenters. The first-order valence-corrected chi connectivity index (χ1v) is 11.8. The van der Waals surface area contributed by atoms with Crippen LogP contribution in [0.1, 0.15) is 32.0 Å². The quantitative estimate of drug-likeness (QED) is 0.0952. The van der Waals surface area contributed by atoms with Gasteiger partial charge in [0.2, 0.25) is 0 Å². The highest BCUT2D eigenvalue weighted by Gasteiger charge is 2.11. The highest BCUT2D eigenvalue weighted by molar-refractivity contribution is 9.10. The summed E-state index contributed by atoms with van der Waals surface area (Å²) >= 11 is 3.38. The van der Waals surface area contributed by atoms with E-state index >= 15 is 0 Å². The fourth-order valence-corrected chi connectivity index (χ4v) is 3.53. The number of amides is 2. The smallest absolute Gasteiger partial charge is 0.336 e. The summed E-state index contributed by atoms with van der Waals surface area (Å²) in [5, 5.41) is 6.66. The SMILES string of the molecule is O=C(/C=C/c1ccccc1)Oc1ccc(Br)cc1C=NNC(=O)c1cccc(NC(=O)c2ccco2)c1. The van der Waals surface area contributed by atoms with Crippen LogP contribution in [0.3, 0.4) is 0 Å². The molecule has 3 aromatic carbocycles. The largest absolute Gasteiger partial charge is 0.459 e. The van der Waals surface area contributed by atoms with E-state index in [0.29, 0.717) is 11.3 Å². The molecule has 1 heterocycles. The van der Waals surface area contributed by atoms with Gasteiger partial charge in [0.05, 0.1) is 12.5 Å². The van der Waals surface area contributed by atoms with Crippen LogP contribution < -0.4 is 15.5 Å². The number of nitrogens with one attached hydrogen (secondary N) is 2. The van der Waals surface area contributed by atoms with E-state index in [1.807, 2.05) is 30.3 Å². The van der Waals surface area contributed by atoms with Gasteiger partial charge in [-0.3, -0.25) is 9.59 Å². The average Bonchev–Trinajstić information content (AvgIpc) is 3.45. The second kappa shape index (κ2) is 12.3. The van der Waals surface area contributed by atoms with E-state index in [1.165, 1.54) is 30.7 Å². The molecule has 1 aromatic heterocycles. The zero-order valence-corrected chi connectivity index (χ0v) is 20.8. The number of halogens is 1. The van der Waals surface area contributed by atoms with Crippen molar-refractivity contribution in [1.29, 1.82) is 0 Å². The van der Waals surface area contributed by atoms with Gasteiger partial charge >= 0.3 is 5.97 Å². The van der Waals surface area contributed by atoms with Gasteiger partial charge in [-0.2, -0.15) is 5.10 Å². The minimum Gasteiger partial charge on any atom is -0.459 e. The summed E-state index contributed by atoms with van der Waals surface area (Å²) in [6.45, 7) is 0. The molecule has 0 atom stereocenters. The van der Waals surface area contributed by atoms with Gasteiger partial charge in [-0.1, -0.05) is 52.3 Å². The number of carbonyl (C=O) groups excluding carboxylic acids is 3. The maximum absolute atomic E-state index is 12.6. The average molecular weight is 558 g/mol. The van der Waals surface area contributed by atoms with Crippen molar-refractivity contribution in [3.8, 4) is 5.75 Å². The predicted molar refractivity (Wildman–Crippen MR) is 143 cm³/mol. The number of hydrogen-bond donors (Lipinski definition) is 2. The van der Waals surface area contributed by atoms with Crippen LogP contribution in [0.15, 0.2) is 111 Å². The number of ether oxygens (including phenoxy) is 1. The molecule has 9 heteroatoms. The first-order valence-electron chi connectivity index (χ1n) is 11.0. The van der Waals surface area contributed by atoms with Gasteiger partial charge in [-0.15, -0.1) is 0 Å². The van der Waals surface area contributed by atoms with Crippen molar-refractivity contribution < 1.29 is 23.5 Å². The van der Waals surface area contributed by atoms with Crippen molar-refractivity contribution in [3.63, 3.8) is 0 Å². The van der Waals surface area contributed by atoms with Crippen molar-refractivity contribution in [2.45, 2.75) is 0 Å². The molecule has 0 radical (unpaired) electrons. The van der Waals surface area contributed by atoms with E-state index in [-0.39, 0.29) is 17.1 Å². The normalized spacial score (nSPS) is 10.9. The molecule has 37 heavy (non-hydrogen) atoms. The Bertz CT molecular complexity index is 1460. The lowest BCUT2D eigenvalue weighted by atomic mass is 10.2. The molecular weight excluding hydrogens is 538 g/mol. The van der Waals surface area contributed by atoms with Gasteiger partial charge < -0.3 is 14.5 Å². The highest BCUT2D eigenvalue weighted by atomic mass is 79.9. The number of hydrazone groups is 1. The third kappa shape index (κ3) is 7.36. The monoisotopic (exact) mass is 557 g/mol. The highest BCUT2D eigenvalue weighted by Crippen LogP contribution is 2.22. The number of hydrogen-bond acceptors (Lipinski definition) is 6. The van der Waals surface area contributed by atoms with E-state index < -0.39 is 17.8 Å². The first-order chi connectivity index (χ1) is 18.0. The summed E-state index contributed by atoms with van der Waals surface area (Å²) in [6.07, 6.45) is 5.75. The Labute approximate surface area is 220 Å². The van der Waals surface area contributed by atoms with Crippen molar-refractivity contribution in [3.05, 3.63) is 124 Å². The molecule has 0 saturated heterocycles. The first kappa shape index (κ1) is 25.3. The molecule has 0 aliphatic carbocycles. The molecule has 0 aliphatic heterocycles.